The van der Waals surface area contributed by atoms with Crippen LogP contribution in [0.3, 0.4) is 0 Å². The average molecular weight is 382 g/mol. The van der Waals surface area contributed by atoms with Gasteiger partial charge in [-0.15, -0.1) is 0 Å². The first-order valence-corrected chi connectivity index (χ1v) is 10.3. The van der Waals surface area contributed by atoms with Crippen molar-refractivity contribution in [1.82, 2.24) is 5.32 Å². The van der Waals surface area contributed by atoms with Gasteiger partial charge in [0.1, 0.15) is 0 Å². The molecule has 0 saturated carbocycles. The molecule has 0 aliphatic heterocycles. The number of fused-ring (bicyclic) bond motifs is 1. The van der Waals surface area contributed by atoms with Crippen molar-refractivity contribution >= 4 is 5.91 Å². The van der Waals surface area contributed by atoms with Crippen LogP contribution in [0.1, 0.15) is 60.9 Å². The van der Waals surface area contributed by atoms with E-state index in [0.717, 1.165) is 18.4 Å². The smallest absolute Gasteiger partial charge is 0.220 e. The lowest BCUT2D eigenvalue weighted by Crippen LogP contribution is -2.28. The molecule has 3 rings (SSSR count). The molecule has 0 aromatic heterocycles. The van der Waals surface area contributed by atoms with Crippen LogP contribution in [-0.2, 0) is 24.1 Å². The summed E-state index contributed by atoms with van der Waals surface area (Å²) in [4.78, 5) is 12.6. The largest absolute Gasteiger partial charge is 0.493 e. The van der Waals surface area contributed by atoms with Gasteiger partial charge in [-0.1, -0.05) is 31.2 Å². The Balaban J connectivity index is 1.60. The lowest BCUT2D eigenvalue weighted by atomic mass is 9.89. The molecule has 150 valence electrons. The number of benzene rings is 2. The second-order valence-electron chi connectivity index (χ2n) is 7.45. The number of hydrogen-bond donors (Lipinski definition) is 1. The van der Waals surface area contributed by atoms with E-state index in [-0.39, 0.29) is 11.9 Å². The molecule has 4 nitrogen and oxygen atoms in total. The Labute approximate surface area is 168 Å². The Bertz CT molecular complexity index is 815. The molecule has 1 atom stereocenters. The van der Waals surface area contributed by atoms with Crippen molar-refractivity contribution in [3.8, 4) is 11.5 Å². The minimum atomic E-state index is 0.0742. The third kappa shape index (κ3) is 4.86. The summed E-state index contributed by atoms with van der Waals surface area (Å²) in [7, 11) is 3.25. The number of nitrogens with one attached hydrogen (secondary N) is 1. The lowest BCUT2D eigenvalue weighted by Gasteiger charge is -2.22. The van der Waals surface area contributed by atoms with E-state index in [1.165, 1.54) is 36.0 Å². The van der Waals surface area contributed by atoms with Gasteiger partial charge in [0.2, 0.25) is 5.91 Å². The zero-order chi connectivity index (χ0) is 19.9. The van der Waals surface area contributed by atoms with Crippen LogP contribution in [0.15, 0.2) is 36.4 Å². The van der Waals surface area contributed by atoms with E-state index in [4.69, 9.17) is 9.47 Å². The molecule has 0 fully saturated rings. The van der Waals surface area contributed by atoms with Crippen molar-refractivity contribution in [1.29, 1.82) is 0 Å². The summed E-state index contributed by atoms with van der Waals surface area (Å²) in [6, 6.07) is 12.6. The van der Waals surface area contributed by atoms with Crippen molar-refractivity contribution < 1.29 is 14.3 Å². The van der Waals surface area contributed by atoms with E-state index >= 15 is 0 Å². The van der Waals surface area contributed by atoms with Gasteiger partial charge in [0.05, 0.1) is 20.3 Å². The Morgan fingerprint density at radius 3 is 2.46 bits per heavy atom. The summed E-state index contributed by atoms with van der Waals surface area (Å²) in [6.45, 7) is 2.12. The third-order valence-electron chi connectivity index (χ3n) is 5.61. The zero-order valence-electron chi connectivity index (χ0n) is 17.2. The number of amides is 1. The van der Waals surface area contributed by atoms with Gasteiger partial charge < -0.3 is 14.8 Å². The Kier molecular flexibility index (Phi) is 6.96. The van der Waals surface area contributed by atoms with Crippen molar-refractivity contribution in [3.05, 3.63) is 58.7 Å². The van der Waals surface area contributed by atoms with Gasteiger partial charge in [-0.05, 0) is 72.9 Å². The highest BCUT2D eigenvalue weighted by molar-refractivity contribution is 5.76. The molecule has 0 radical (unpaired) electrons. The van der Waals surface area contributed by atoms with Crippen LogP contribution in [0.5, 0.6) is 11.5 Å². The fourth-order valence-corrected chi connectivity index (χ4v) is 3.95. The molecule has 0 saturated heterocycles. The van der Waals surface area contributed by atoms with E-state index < -0.39 is 0 Å². The Hall–Kier alpha value is -2.49. The van der Waals surface area contributed by atoms with Crippen molar-refractivity contribution in [2.24, 2.45) is 0 Å². The molecule has 1 aliphatic carbocycles. The maximum Gasteiger partial charge on any atom is 0.220 e. The molecule has 0 bridgehead atoms. The SMILES string of the molecule is CCC(NC(=O)CCc1ccc(OC)c(OC)c1)c1ccc2c(c1)CCCC2. The summed E-state index contributed by atoms with van der Waals surface area (Å²) in [5, 5.41) is 3.22. The van der Waals surface area contributed by atoms with Gasteiger partial charge in [-0.25, -0.2) is 0 Å². The maximum atomic E-state index is 12.6. The highest BCUT2D eigenvalue weighted by Gasteiger charge is 2.16. The van der Waals surface area contributed by atoms with E-state index in [0.29, 0.717) is 24.3 Å². The summed E-state index contributed by atoms with van der Waals surface area (Å²) in [5.41, 5.74) is 5.23. The van der Waals surface area contributed by atoms with Gasteiger partial charge in [0, 0.05) is 6.42 Å². The van der Waals surface area contributed by atoms with Gasteiger partial charge in [0.25, 0.3) is 0 Å². The van der Waals surface area contributed by atoms with Gasteiger partial charge in [-0.3, -0.25) is 4.79 Å². The zero-order valence-corrected chi connectivity index (χ0v) is 17.2. The van der Waals surface area contributed by atoms with Crippen LogP contribution in [0.2, 0.25) is 0 Å². The standard InChI is InChI=1S/C24H31NO3/c1-4-21(20-12-11-18-7-5-6-8-19(18)16-20)25-24(26)14-10-17-9-13-22(27-2)23(15-17)28-3/h9,11-13,15-16,21H,4-8,10,14H2,1-3H3,(H,25,26). The highest BCUT2D eigenvalue weighted by Crippen LogP contribution is 2.28. The number of carbonyl (C=O) groups is 1. The molecular weight excluding hydrogens is 350 g/mol. The first-order valence-electron chi connectivity index (χ1n) is 10.3. The quantitative estimate of drug-likeness (QED) is 0.716. The van der Waals surface area contributed by atoms with Gasteiger partial charge >= 0.3 is 0 Å². The van der Waals surface area contributed by atoms with Crippen LogP contribution in [-0.4, -0.2) is 20.1 Å². The second kappa shape index (κ2) is 9.63. The molecule has 1 unspecified atom stereocenters. The molecule has 0 heterocycles. The summed E-state index contributed by atoms with van der Waals surface area (Å²) in [6.07, 6.45) is 6.92. The van der Waals surface area contributed by atoms with Crippen LogP contribution in [0, 0.1) is 0 Å². The predicted molar refractivity (Wildman–Crippen MR) is 112 cm³/mol. The molecule has 2 aromatic carbocycles. The summed E-state index contributed by atoms with van der Waals surface area (Å²) in [5.74, 6) is 1.48. The van der Waals surface area contributed by atoms with Gasteiger partial charge in [-0.2, -0.15) is 0 Å². The number of carbonyl (C=O) groups excluding carboxylic acids is 1. The number of rotatable bonds is 8. The molecular formula is C24H31NO3. The first kappa shape index (κ1) is 20.2. The number of aryl methyl sites for hydroxylation is 3. The van der Waals surface area contributed by atoms with Gasteiger partial charge in [0.15, 0.2) is 11.5 Å². The Morgan fingerprint density at radius 1 is 1.00 bits per heavy atom. The minimum Gasteiger partial charge on any atom is -0.493 e. The second-order valence-corrected chi connectivity index (χ2v) is 7.45. The monoisotopic (exact) mass is 381 g/mol. The van der Waals surface area contributed by atoms with Crippen LogP contribution in [0.4, 0.5) is 0 Å². The molecule has 2 aromatic rings. The normalized spacial score (nSPS) is 14.1. The average Bonchev–Trinajstić information content (AvgIpc) is 2.75. The first-order chi connectivity index (χ1) is 13.6. The van der Waals surface area contributed by atoms with E-state index in [1.54, 1.807) is 14.2 Å². The molecule has 1 amide bonds. The van der Waals surface area contributed by atoms with E-state index in [1.807, 2.05) is 18.2 Å². The summed E-state index contributed by atoms with van der Waals surface area (Å²) >= 11 is 0. The fraction of sp³-hybridized carbons (Fsp3) is 0.458. The van der Waals surface area contributed by atoms with Crippen molar-refractivity contribution in [3.63, 3.8) is 0 Å². The maximum absolute atomic E-state index is 12.6. The van der Waals surface area contributed by atoms with E-state index in [2.05, 4.69) is 30.4 Å². The number of methoxy groups -OCH3 is 2. The summed E-state index contributed by atoms with van der Waals surface area (Å²) < 4.78 is 10.6. The lowest BCUT2D eigenvalue weighted by molar-refractivity contribution is -0.121. The molecule has 28 heavy (non-hydrogen) atoms. The van der Waals surface area contributed by atoms with Crippen LogP contribution in [0.25, 0.3) is 0 Å². The van der Waals surface area contributed by atoms with Crippen LogP contribution >= 0.6 is 0 Å². The molecule has 1 N–H and O–H groups in total. The topological polar surface area (TPSA) is 47.6 Å². The van der Waals surface area contributed by atoms with Crippen molar-refractivity contribution in [2.45, 2.75) is 57.9 Å². The van der Waals surface area contributed by atoms with Crippen LogP contribution < -0.4 is 14.8 Å². The highest BCUT2D eigenvalue weighted by atomic mass is 16.5. The number of ether oxygens (including phenoxy) is 2. The number of hydrogen-bond acceptors (Lipinski definition) is 3. The Morgan fingerprint density at radius 2 is 1.75 bits per heavy atom. The predicted octanol–water partition coefficient (Wildman–Crippen LogP) is 4.78. The minimum absolute atomic E-state index is 0.0742. The van der Waals surface area contributed by atoms with Crippen molar-refractivity contribution in [2.75, 3.05) is 14.2 Å². The molecule has 0 spiro atoms. The fourth-order valence-electron chi connectivity index (χ4n) is 3.95. The molecule has 1 aliphatic rings. The molecule has 4 heteroatoms. The third-order valence-corrected chi connectivity index (χ3v) is 5.61. The van der Waals surface area contributed by atoms with E-state index in [9.17, 15) is 4.79 Å².